The van der Waals surface area contributed by atoms with E-state index in [0.29, 0.717) is 79.9 Å². The van der Waals surface area contributed by atoms with Gasteiger partial charge in [-0.2, -0.15) is 0 Å². The highest BCUT2D eigenvalue weighted by Crippen LogP contribution is 2.54. The van der Waals surface area contributed by atoms with Crippen molar-refractivity contribution >= 4 is 41.5 Å². The van der Waals surface area contributed by atoms with Gasteiger partial charge in [0, 0.05) is 23.3 Å². The number of carbonyl (C=O) groups excluding carboxylic acids is 2. The number of benzene rings is 6. The fourth-order valence-electron chi connectivity index (χ4n) is 6.30. The highest BCUT2D eigenvalue weighted by atomic mass is 32.2. The van der Waals surface area contributed by atoms with Gasteiger partial charge in [-0.3, -0.25) is 9.59 Å². The average Bonchev–Trinajstić information content (AvgIpc) is 3.29. The van der Waals surface area contributed by atoms with Gasteiger partial charge in [-0.15, -0.1) is 0 Å². The standard InChI is InChI=1S/C48H48O13P2S/c1-29-19-32(4)47(60-62(56-38-15-11-34(27-49)23-31(38)3)57-39-16-12-35(28-50)24-42(39)53-8)45(21-29)64-46-22-30(2)20-33(5)48(46)61-63(58-40-17-13-36(51-6)25-43(40)54-9)59-41-18-14-37(52-7)26-44(41)55-10/h11-28H,1-10H3. The van der Waals surface area contributed by atoms with Crippen LogP contribution >= 0.6 is 29.0 Å². The largest absolute Gasteiger partial charge is 0.530 e. The molecule has 0 fully saturated rings. The van der Waals surface area contributed by atoms with Crippen molar-refractivity contribution in [2.75, 3.05) is 35.5 Å². The summed E-state index contributed by atoms with van der Waals surface area (Å²) in [6, 6.07) is 28.2. The maximum Gasteiger partial charge on any atom is 0.530 e. The van der Waals surface area contributed by atoms with Crippen LogP contribution in [0.4, 0.5) is 0 Å². The van der Waals surface area contributed by atoms with Crippen molar-refractivity contribution in [2.24, 2.45) is 0 Å². The molecule has 0 aliphatic carbocycles. The predicted molar refractivity (Wildman–Crippen MR) is 248 cm³/mol. The van der Waals surface area contributed by atoms with E-state index in [0.717, 1.165) is 44.6 Å². The number of methoxy groups -OCH3 is 5. The highest BCUT2D eigenvalue weighted by Gasteiger charge is 2.29. The third-order valence-corrected chi connectivity index (χ3v) is 12.5. The summed E-state index contributed by atoms with van der Waals surface area (Å²) in [6.45, 7) is 9.71. The molecular weight excluding hydrogens is 879 g/mol. The Balaban J connectivity index is 1.41. The summed E-state index contributed by atoms with van der Waals surface area (Å²) in [4.78, 5) is 24.6. The molecule has 0 aliphatic rings. The fraction of sp³-hybridized carbons (Fsp3) is 0.208. The van der Waals surface area contributed by atoms with Crippen LogP contribution in [0.5, 0.6) is 63.2 Å². The molecule has 0 saturated carbocycles. The van der Waals surface area contributed by atoms with Crippen LogP contribution in [0.2, 0.25) is 0 Å². The van der Waals surface area contributed by atoms with E-state index in [1.807, 2.05) is 58.9 Å². The Morgan fingerprint density at radius 1 is 0.391 bits per heavy atom. The van der Waals surface area contributed by atoms with Crippen molar-refractivity contribution in [3.05, 3.63) is 136 Å². The molecule has 0 amide bonds. The molecule has 0 aromatic heterocycles. The second kappa shape index (κ2) is 21.8. The Kier molecular flexibility index (Phi) is 16.1. The molecule has 1 atom stereocenters. The SMILES string of the molecule is COc1ccc(OP(Oc2ccc(OC)cc2OC)Oc2c(C)cc(C)cc2Sc2cc(C)cc(C)c2OP(Oc2ccc(C=O)cc2C)Oc2ccc(C=O)cc2OC)c(OC)c1. The van der Waals surface area contributed by atoms with Crippen LogP contribution in [0.15, 0.2) is 107 Å². The van der Waals surface area contributed by atoms with Gasteiger partial charge in [0.05, 0.1) is 45.3 Å². The Labute approximate surface area is 379 Å². The maximum atomic E-state index is 11.6. The van der Waals surface area contributed by atoms with Crippen LogP contribution in [0.3, 0.4) is 0 Å². The molecule has 334 valence electrons. The van der Waals surface area contributed by atoms with Crippen LogP contribution in [-0.4, -0.2) is 48.1 Å². The Hall–Kier alpha value is -6.33. The number of hydrogen-bond acceptors (Lipinski definition) is 14. The minimum Gasteiger partial charge on any atom is -0.497 e. The third kappa shape index (κ3) is 11.6. The number of aryl methyl sites for hydroxylation is 5. The first-order valence-corrected chi connectivity index (χ1v) is 22.6. The molecule has 0 saturated heterocycles. The molecule has 6 aromatic rings. The van der Waals surface area contributed by atoms with Crippen molar-refractivity contribution in [1.29, 1.82) is 0 Å². The van der Waals surface area contributed by atoms with Gasteiger partial charge in [0.25, 0.3) is 0 Å². The second-order valence-electron chi connectivity index (χ2n) is 14.1. The summed E-state index contributed by atoms with van der Waals surface area (Å²) in [6.07, 6.45) is 1.49. The van der Waals surface area contributed by atoms with Crippen molar-refractivity contribution in [3.8, 4) is 63.2 Å². The van der Waals surface area contributed by atoms with Gasteiger partial charge >= 0.3 is 17.2 Å². The van der Waals surface area contributed by atoms with E-state index in [-0.39, 0.29) is 0 Å². The van der Waals surface area contributed by atoms with E-state index in [1.165, 1.54) is 33.1 Å². The van der Waals surface area contributed by atoms with Crippen LogP contribution in [0.25, 0.3) is 0 Å². The topological polar surface area (TPSA) is 136 Å². The second-order valence-corrected chi connectivity index (χ2v) is 17.2. The zero-order valence-electron chi connectivity index (χ0n) is 37.0. The molecule has 64 heavy (non-hydrogen) atoms. The first kappa shape index (κ1) is 47.2. The molecule has 6 rings (SSSR count). The van der Waals surface area contributed by atoms with Gasteiger partial charge in [-0.05, 0) is 135 Å². The summed E-state index contributed by atoms with van der Waals surface area (Å²) in [5.41, 5.74) is 5.16. The zero-order chi connectivity index (χ0) is 45.9. The molecule has 16 heteroatoms. The molecule has 0 N–H and O–H groups in total. The summed E-state index contributed by atoms with van der Waals surface area (Å²) in [7, 11) is 3.16. The first-order valence-electron chi connectivity index (χ1n) is 19.6. The maximum absolute atomic E-state index is 11.6. The van der Waals surface area contributed by atoms with Crippen LogP contribution < -0.4 is 50.8 Å². The molecule has 0 aliphatic heterocycles. The van der Waals surface area contributed by atoms with E-state index >= 15 is 0 Å². The zero-order valence-corrected chi connectivity index (χ0v) is 39.6. The van der Waals surface area contributed by atoms with Gasteiger partial charge in [-0.25, -0.2) is 0 Å². The average molecular weight is 927 g/mol. The Bertz CT molecular complexity index is 2560. The Morgan fingerprint density at radius 3 is 1.19 bits per heavy atom. The normalized spacial score (nSPS) is 11.2. The lowest BCUT2D eigenvalue weighted by molar-refractivity contribution is 0.111. The minimum atomic E-state index is -2.26. The van der Waals surface area contributed by atoms with E-state index in [2.05, 4.69) is 0 Å². The van der Waals surface area contributed by atoms with Crippen molar-refractivity contribution in [1.82, 2.24) is 0 Å². The molecule has 0 bridgehead atoms. The van der Waals surface area contributed by atoms with Gasteiger partial charge in [0.2, 0.25) is 0 Å². The van der Waals surface area contributed by atoms with E-state index in [1.54, 1.807) is 87.0 Å². The smallest absolute Gasteiger partial charge is 0.497 e. The quantitative estimate of drug-likeness (QED) is 0.0500. The number of rotatable bonds is 21. The van der Waals surface area contributed by atoms with Gasteiger partial charge in [0.1, 0.15) is 41.3 Å². The van der Waals surface area contributed by atoms with Gasteiger partial charge in [0.15, 0.2) is 34.5 Å². The minimum absolute atomic E-state index is 0.292. The summed E-state index contributed by atoms with van der Waals surface area (Å²) in [5.74, 6) is 4.69. The molecule has 0 radical (unpaired) electrons. The summed E-state index contributed by atoms with van der Waals surface area (Å²) >= 11 is 1.42. The van der Waals surface area contributed by atoms with Crippen molar-refractivity contribution < 1.29 is 60.4 Å². The molecular formula is C48H48O13P2S. The number of hydrogen-bond donors (Lipinski definition) is 0. The van der Waals surface area contributed by atoms with Crippen molar-refractivity contribution in [3.63, 3.8) is 0 Å². The monoisotopic (exact) mass is 926 g/mol. The summed E-state index contributed by atoms with van der Waals surface area (Å²) in [5, 5.41) is 0. The number of carbonyl (C=O) groups is 2. The van der Waals surface area contributed by atoms with E-state index < -0.39 is 17.2 Å². The lowest BCUT2D eigenvalue weighted by atomic mass is 10.1. The van der Waals surface area contributed by atoms with Crippen molar-refractivity contribution in [2.45, 2.75) is 44.4 Å². The van der Waals surface area contributed by atoms with Crippen LogP contribution in [0.1, 0.15) is 48.5 Å². The first-order chi connectivity index (χ1) is 30.9. The molecule has 1 unspecified atom stereocenters. The van der Waals surface area contributed by atoms with E-state index in [4.69, 9.17) is 50.8 Å². The highest BCUT2D eigenvalue weighted by molar-refractivity contribution is 7.99. The molecule has 13 nitrogen and oxygen atoms in total. The molecule has 6 aromatic carbocycles. The molecule has 0 heterocycles. The Morgan fingerprint density at radius 2 is 0.781 bits per heavy atom. The van der Waals surface area contributed by atoms with Crippen LogP contribution in [-0.2, 0) is 0 Å². The number of aldehydes is 2. The predicted octanol–water partition coefficient (Wildman–Crippen LogP) is 12.6. The molecule has 0 spiro atoms. The van der Waals surface area contributed by atoms with Crippen LogP contribution in [0, 0.1) is 34.6 Å². The lowest BCUT2D eigenvalue weighted by Gasteiger charge is -2.24. The number of ether oxygens (including phenoxy) is 5. The third-order valence-electron chi connectivity index (χ3n) is 9.41. The van der Waals surface area contributed by atoms with E-state index in [9.17, 15) is 9.59 Å². The fourth-order valence-corrected chi connectivity index (χ4v) is 10.0. The summed E-state index contributed by atoms with van der Waals surface area (Å²) < 4.78 is 67.3. The lowest BCUT2D eigenvalue weighted by Crippen LogP contribution is -2.07. The van der Waals surface area contributed by atoms with Gasteiger partial charge < -0.3 is 50.8 Å². The van der Waals surface area contributed by atoms with Gasteiger partial charge in [-0.1, -0.05) is 23.9 Å².